The van der Waals surface area contributed by atoms with E-state index in [0.717, 1.165) is 21.5 Å². The number of aromatic nitrogens is 2. The van der Waals surface area contributed by atoms with E-state index in [1.165, 1.54) is 16.9 Å². The van der Waals surface area contributed by atoms with Crippen LogP contribution >= 0.6 is 34.5 Å². The average molecular weight is 429 g/mol. The summed E-state index contributed by atoms with van der Waals surface area (Å²) in [7, 11) is 0. The first-order valence-corrected chi connectivity index (χ1v) is 10.6. The van der Waals surface area contributed by atoms with Crippen LogP contribution < -0.4 is 5.56 Å². The van der Waals surface area contributed by atoms with Crippen LogP contribution in [0.25, 0.3) is 21.3 Å². The second-order valence-electron chi connectivity index (χ2n) is 7.03. The maximum absolute atomic E-state index is 12.8. The van der Waals surface area contributed by atoms with Crippen molar-refractivity contribution in [2.45, 2.75) is 26.2 Å². The number of hydrogen-bond acceptors (Lipinski definition) is 3. The van der Waals surface area contributed by atoms with E-state index in [2.05, 4.69) is 48.1 Å². The molecule has 0 saturated carbocycles. The van der Waals surface area contributed by atoms with Crippen LogP contribution in [0, 0.1) is 0 Å². The normalized spacial score (nSPS) is 11.5. The van der Waals surface area contributed by atoms with Gasteiger partial charge in [0.15, 0.2) is 0 Å². The van der Waals surface area contributed by atoms with E-state index in [1.54, 1.807) is 12.1 Å². The van der Waals surface area contributed by atoms with Gasteiger partial charge in [-0.3, -0.25) is 4.79 Å². The molecule has 0 spiro atoms. The first kappa shape index (κ1) is 19.2. The summed E-state index contributed by atoms with van der Waals surface area (Å²) in [6, 6.07) is 13.7. The van der Waals surface area contributed by atoms with Gasteiger partial charge in [-0.1, -0.05) is 67.4 Å². The number of rotatable bonds is 4. The van der Waals surface area contributed by atoms with Crippen molar-refractivity contribution in [3.8, 4) is 11.1 Å². The molecule has 0 radical (unpaired) electrons. The molecule has 0 unspecified atom stereocenters. The number of aromatic amines is 1. The van der Waals surface area contributed by atoms with E-state index < -0.39 is 0 Å². The van der Waals surface area contributed by atoms with Crippen LogP contribution in [-0.4, -0.2) is 9.97 Å². The van der Waals surface area contributed by atoms with Crippen LogP contribution in [-0.2, 0) is 6.42 Å². The number of hydrogen-bond donors (Lipinski definition) is 1. The van der Waals surface area contributed by atoms with Crippen molar-refractivity contribution in [1.29, 1.82) is 0 Å². The monoisotopic (exact) mass is 428 g/mol. The highest BCUT2D eigenvalue weighted by atomic mass is 35.5. The zero-order chi connectivity index (χ0) is 19.8. The molecule has 0 amide bonds. The van der Waals surface area contributed by atoms with Gasteiger partial charge in [-0.25, -0.2) is 4.98 Å². The molecular formula is C22H18Cl2N2OS. The number of halogens is 2. The largest absolute Gasteiger partial charge is 0.310 e. The minimum absolute atomic E-state index is 0.130. The van der Waals surface area contributed by atoms with E-state index in [-0.39, 0.29) is 5.56 Å². The molecule has 2 heterocycles. The summed E-state index contributed by atoms with van der Waals surface area (Å²) >= 11 is 13.7. The summed E-state index contributed by atoms with van der Waals surface area (Å²) in [5.74, 6) is 1.06. The lowest BCUT2D eigenvalue weighted by Crippen LogP contribution is -2.11. The summed E-state index contributed by atoms with van der Waals surface area (Å²) in [5.41, 5.74) is 3.96. The van der Waals surface area contributed by atoms with E-state index in [0.29, 0.717) is 33.6 Å². The zero-order valence-electron chi connectivity index (χ0n) is 15.4. The van der Waals surface area contributed by atoms with Crippen molar-refractivity contribution in [1.82, 2.24) is 9.97 Å². The van der Waals surface area contributed by atoms with Crippen LogP contribution in [0.4, 0.5) is 0 Å². The van der Waals surface area contributed by atoms with Crippen molar-refractivity contribution < 1.29 is 0 Å². The molecule has 0 aliphatic heterocycles. The molecule has 4 rings (SSSR count). The molecule has 3 nitrogen and oxygen atoms in total. The number of nitrogens with one attached hydrogen (secondary N) is 1. The molecule has 0 bridgehead atoms. The lowest BCUT2D eigenvalue weighted by molar-refractivity contribution is 0.867. The highest BCUT2D eigenvalue weighted by molar-refractivity contribution is 7.17. The summed E-state index contributed by atoms with van der Waals surface area (Å²) < 4.78 is 0. The number of H-pyrrole nitrogens is 1. The fourth-order valence-electron chi connectivity index (χ4n) is 3.18. The van der Waals surface area contributed by atoms with Gasteiger partial charge in [-0.2, -0.15) is 0 Å². The van der Waals surface area contributed by atoms with Crippen molar-refractivity contribution in [3.05, 3.63) is 85.2 Å². The number of benzene rings is 2. The fraction of sp³-hybridized carbons (Fsp3) is 0.182. The van der Waals surface area contributed by atoms with E-state index in [9.17, 15) is 4.79 Å². The molecule has 0 aliphatic carbocycles. The number of nitrogens with zero attached hydrogens (tertiary/aromatic N) is 1. The molecule has 1 N–H and O–H groups in total. The third-order valence-corrected chi connectivity index (χ3v) is 6.21. The number of thiophene rings is 1. The maximum Gasteiger partial charge on any atom is 0.260 e. The van der Waals surface area contributed by atoms with Gasteiger partial charge in [0, 0.05) is 27.4 Å². The highest BCUT2D eigenvalue weighted by Gasteiger charge is 2.14. The molecule has 2 aromatic heterocycles. The lowest BCUT2D eigenvalue weighted by Gasteiger charge is -2.07. The van der Waals surface area contributed by atoms with Crippen LogP contribution in [0.1, 0.15) is 36.7 Å². The van der Waals surface area contributed by atoms with Crippen LogP contribution in [0.2, 0.25) is 10.0 Å². The molecule has 0 aliphatic rings. The molecule has 28 heavy (non-hydrogen) atoms. The summed E-state index contributed by atoms with van der Waals surface area (Å²) in [4.78, 5) is 21.1. The summed E-state index contributed by atoms with van der Waals surface area (Å²) in [6.07, 6.45) is 0.442. The van der Waals surface area contributed by atoms with Gasteiger partial charge < -0.3 is 4.98 Å². The number of fused-ring (bicyclic) bond motifs is 1. The minimum Gasteiger partial charge on any atom is -0.310 e. The molecule has 4 aromatic rings. The Labute approximate surface area is 177 Å². The Hall–Kier alpha value is -2.14. The lowest BCUT2D eigenvalue weighted by atomic mass is 9.99. The molecule has 0 saturated heterocycles. The molecule has 2 aromatic carbocycles. The Morgan fingerprint density at radius 2 is 1.86 bits per heavy atom. The molecule has 6 heteroatoms. The third kappa shape index (κ3) is 3.72. The smallest absolute Gasteiger partial charge is 0.260 e. The molecular weight excluding hydrogens is 411 g/mol. The highest BCUT2D eigenvalue weighted by Crippen LogP contribution is 2.32. The van der Waals surface area contributed by atoms with Gasteiger partial charge in [0.25, 0.3) is 5.56 Å². The topological polar surface area (TPSA) is 45.8 Å². The first-order chi connectivity index (χ1) is 13.4. The van der Waals surface area contributed by atoms with E-state index in [4.69, 9.17) is 23.2 Å². The SMILES string of the molecule is CC(C)c1ccc(-c2csc3nc(Cc4ccc(Cl)cc4Cl)[nH]c(=O)c23)cc1. The second kappa shape index (κ2) is 7.70. The summed E-state index contributed by atoms with van der Waals surface area (Å²) in [5, 5.41) is 3.77. The van der Waals surface area contributed by atoms with Crippen LogP contribution in [0.3, 0.4) is 0 Å². The van der Waals surface area contributed by atoms with Gasteiger partial charge in [0.2, 0.25) is 0 Å². The van der Waals surface area contributed by atoms with Crippen molar-refractivity contribution in [2.75, 3.05) is 0 Å². The molecule has 142 valence electrons. The van der Waals surface area contributed by atoms with Crippen LogP contribution in [0.5, 0.6) is 0 Å². The van der Waals surface area contributed by atoms with Crippen molar-refractivity contribution in [3.63, 3.8) is 0 Å². The minimum atomic E-state index is -0.130. The second-order valence-corrected chi connectivity index (χ2v) is 8.73. The average Bonchev–Trinajstić information content (AvgIpc) is 3.09. The molecule has 0 atom stereocenters. The van der Waals surface area contributed by atoms with Crippen LogP contribution in [0.15, 0.2) is 52.6 Å². The van der Waals surface area contributed by atoms with Gasteiger partial charge in [-0.05, 0) is 34.7 Å². The Morgan fingerprint density at radius 3 is 2.54 bits per heavy atom. The van der Waals surface area contributed by atoms with Gasteiger partial charge in [0.05, 0.1) is 5.39 Å². The Morgan fingerprint density at radius 1 is 1.11 bits per heavy atom. The zero-order valence-corrected chi connectivity index (χ0v) is 17.8. The van der Waals surface area contributed by atoms with E-state index in [1.807, 2.05) is 11.4 Å². The van der Waals surface area contributed by atoms with Crippen molar-refractivity contribution >= 4 is 44.8 Å². The Kier molecular flexibility index (Phi) is 5.28. The maximum atomic E-state index is 12.8. The summed E-state index contributed by atoms with van der Waals surface area (Å²) in [6.45, 7) is 4.33. The van der Waals surface area contributed by atoms with E-state index >= 15 is 0 Å². The Balaban J connectivity index is 1.72. The van der Waals surface area contributed by atoms with Gasteiger partial charge >= 0.3 is 0 Å². The quantitative estimate of drug-likeness (QED) is 0.394. The standard InChI is InChI=1S/C22H18Cl2N2OS/c1-12(2)13-3-5-14(6-4-13)17-11-28-22-20(17)21(27)25-19(26-22)9-15-7-8-16(23)10-18(15)24/h3-8,10-12H,9H2,1-2H3,(H,25,26,27). The van der Waals surface area contributed by atoms with Crippen molar-refractivity contribution in [2.24, 2.45) is 0 Å². The first-order valence-electron chi connectivity index (χ1n) is 8.97. The predicted molar refractivity (Wildman–Crippen MR) is 119 cm³/mol. The fourth-order valence-corrected chi connectivity index (χ4v) is 4.62. The predicted octanol–water partition coefficient (Wildman–Crippen LogP) is 6.67. The van der Waals surface area contributed by atoms with Gasteiger partial charge in [-0.15, -0.1) is 11.3 Å². The third-order valence-electron chi connectivity index (χ3n) is 4.75. The van der Waals surface area contributed by atoms with Gasteiger partial charge in [0.1, 0.15) is 10.7 Å². The molecule has 0 fully saturated rings. The Bertz CT molecular complexity index is 1210.